The number of ether oxygens (including phenoxy) is 1. The topological polar surface area (TPSA) is 55.6 Å². The molecule has 1 fully saturated rings. The summed E-state index contributed by atoms with van der Waals surface area (Å²) in [5.41, 5.74) is 0.457. The molecule has 1 heterocycles. The Morgan fingerprint density at radius 2 is 2.05 bits per heavy atom. The zero-order chi connectivity index (χ0) is 13.8. The number of nitro groups is 1. The fourth-order valence-electron chi connectivity index (χ4n) is 2.10. The first kappa shape index (κ1) is 13.5. The summed E-state index contributed by atoms with van der Waals surface area (Å²) in [6.45, 7) is 0.803. The molecule has 0 spiro atoms. The maximum atomic E-state index is 12.2. The first-order valence-corrected chi connectivity index (χ1v) is 6.02. The van der Waals surface area contributed by atoms with Gasteiger partial charge in [-0.25, -0.2) is 8.78 Å². The van der Waals surface area contributed by atoms with Crippen molar-refractivity contribution in [1.29, 1.82) is 0 Å². The smallest absolute Gasteiger partial charge is 0.272 e. The molecule has 0 radical (unpaired) electrons. The number of hydrogen-bond donors (Lipinski definition) is 0. The molecule has 0 atom stereocenters. The molecule has 7 heteroatoms. The van der Waals surface area contributed by atoms with Crippen LogP contribution in [0.1, 0.15) is 12.8 Å². The highest BCUT2D eigenvalue weighted by atomic mass is 19.3. The lowest BCUT2D eigenvalue weighted by atomic mass is 10.2. The van der Waals surface area contributed by atoms with Crippen molar-refractivity contribution in [2.75, 3.05) is 24.6 Å². The van der Waals surface area contributed by atoms with Gasteiger partial charge in [0.15, 0.2) is 0 Å². The van der Waals surface area contributed by atoms with Gasteiger partial charge in [0.1, 0.15) is 12.4 Å². The second-order valence-electron chi connectivity index (χ2n) is 4.31. The van der Waals surface area contributed by atoms with Crippen molar-refractivity contribution in [1.82, 2.24) is 0 Å². The SMILES string of the molecule is O=[N+]([O-])c1ccc(OCC(F)F)c(N2CCCC2)c1. The lowest BCUT2D eigenvalue weighted by Crippen LogP contribution is -2.19. The third-order valence-corrected chi connectivity index (χ3v) is 2.96. The molecule has 1 aliphatic rings. The third-order valence-electron chi connectivity index (χ3n) is 2.96. The van der Waals surface area contributed by atoms with Crippen molar-refractivity contribution in [3.8, 4) is 5.75 Å². The highest BCUT2D eigenvalue weighted by Gasteiger charge is 2.20. The quantitative estimate of drug-likeness (QED) is 0.611. The van der Waals surface area contributed by atoms with E-state index >= 15 is 0 Å². The van der Waals surface area contributed by atoms with Gasteiger partial charge in [0.25, 0.3) is 12.1 Å². The van der Waals surface area contributed by atoms with Crippen LogP contribution in [0.25, 0.3) is 0 Å². The van der Waals surface area contributed by atoms with Crippen LogP contribution in [0.2, 0.25) is 0 Å². The Morgan fingerprint density at radius 3 is 2.63 bits per heavy atom. The van der Waals surface area contributed by atoms with Gasteiger partial charge in [0.05, 0.1) is 10.6 Å². The average molecular weight is 272 g/mol. The van der Waals surface area contributed by atoms with E-state index in [0.29, 0.717) is 5.69 Å². The van der Waals surface area contributed by atoms with E-state index in [1.807, 2.05) is 4.90 Å². The van der Waals surface area contributed by atoms with Crippen molar-refractivity contribution < 1.29 is 18.4 Å². The van der Waals surface area contributed by atoms with Gasteiger partial charge in [0, 0.05) is 25.2 Å². The van der Waals surface area contributed by atoms with Crippen molar-refractivity contribution in [2.24, 2.45) is 0 Å². The zero-order valence-electron chi connectivity index (χ0n) is 10.2. The second-order valence-corrected chi connectivity index (χ2v) is 4.31. The minimum absolute atomic E-state index is 0.0636. The van der Waals surface area contributed by atoms with Crippen LogP contribution >= 0.6 is 0 Å². The monoisotopic (exact) mass is 272 g/mol. The number of anilines is 1. The minimum Gasteiger partial charge on any atom is -0.485 e. The van der Waals surface area contributed by atoms with E-state index < -0.39 is 18.0 Å². The Kier molecular flexibility index (Phi) is 4.13. The fraction of sp³-hybridized carbons (Fsp3) is 0.500. The van der Waals surface area contributed by atoms with E-state index in [2.05, 4.69) is 0 Å². The fourth-order valence-corrected chi connectivity index (χ4v) is 2.10. The molecular formula is C12H14F2N2O3. The van der Waals surface area contributed by atoms with Crippen LogP contribution in [-0.4, -0.2) is 31.0 Å². The number of rotatable bonds is 5. The molecule has 0 aromatic heterocycles. The number of halogens is 2. The molecule has 5 nitrogen and oxygen atoms in total. The lowest BCUT2D eigenvalue weighted by molar-refractivity contribution is -0.384. The molecule has 0 unspecified atom stereocenters. The average Bonchev–Trinajstić information content (AvgIpc) is 2.89. The lowest BCUT2D eigenvalue weighted by Gasteiger charge is -2.21. The van der Waals surface area contributed by atoms with Crippen LogP contribution in [0.5, 0.6) is 5.75 Å². The summed E-state index contributed by atoms with van der Waals surface area (Å²) in [5.74, 6) is 0.271. The molecule has 0 amide bonds. The normalized spacial score (nSPS) is 15.0. The molecule has 0 N–H and O–H groups in total. The molecule has 0 aliphatic carbocycles. The Bertz CT molecular complexity index is 462. The largest absolute Gasteiger partial charge is 0.485 e. The van der Waals surface area contributed by atoms with Gasteiger partial charge in [-0.3, -0.25) is 10.1 Å². The van der Waals surface area contributed by atoms with Gasteiger partial charge < -0.3 is 9.64 Å². The summed E-state index contributed by atoms with van der Waals surface area (Å²) in [5, 5.41) is 10.8. The minimum atomic E-state index is -2.57. The summed E-state index contributed by atoms with van der Waals surface area (Å²) in [7, 11) is 0. The van der Waals surface area contributed by atoms with E-state index in [1.165, 1.54) is 18.2 Å². The van der Waals surface area contributed by atoms with Gasteiger partial charge in [-0.2, -0.15) is 0 Å². The highest BCUT2D eigenvalue weighted by molar-refractivity contribution is 5.63. The van der Waals surface area contributed by atoms with E-state index in [-0.39, 0.29) is 11.4 Å². The van der Waals surface area contributed by atoms with E-state index in [1.54, 1.807) is 0 Å². The number of benzene rings is 1. The number of non-ortho nitro benzene ring substituents is 1. The molecule has 1 aromatic carbocycles. The van der Waals surface area contributed by atoms with Crippen LogP contribution in [0, 0.1) is 10.1 Å². The number of nitro benzene ring substituents is 1. The Labute approximate surface area is 108 Å². The summed E-state index contributed by atoms with van der Waals surface area (Å²) in [6.07, 6.45) is -0.602. The van der Waals surface area contributed by atoms with Gasteiger partial charge in [0.2, 0.25) is 0 Å². The van der Waals surface area contributed by atoms with Crippen molar-refractivity contribution >= 4 is 11.4 Å². The predicted molar refractivity (Wildman–Crippen MR) is 66.0 cm³/mol. The standard InChI is InChI=1S/C12H14F2N2O3/c13-12(14)8-19-11-4-3-9(16(17)18)7-10(11)15-5-1-2-6-15/h3-4,7,12H,1-2,5-6,8H2. The summed E-state index contributed by atoms with van der Waals surface area (Å²) >= 11 is 0. The van der Waals surface area contributed by atoms with Gasteiger partial charge in [-0.15, -0.1) is 0 Å². The third kappa shape index (κ3) is 3.30. The van der Waals surface area contributed by atoms with Crippen molar-refractivity contribution in [2.45, 2.75) is 19.3 Å². The van der Waals surface area contributed by atoms with E-state index in [0.717, 1.165) is 25.9 Å². The highest BCUT2D eigenvalue weighted by Crippen LogP contribution is 2.34. The number of hydrogen-bond acceptors (Lipinski definition) is 4. The number of alkyl halides is 2. The summed E-state index contributed by atoms with van der Waals surface area (Å²) < 4.78 is 29.4. The van der Waals surface area contributed by atoms with Crippen LogP contribution in [0.4, 0.5) is 20.2 Å². The summed E-state index contributed by atoms with van der Waals surface area (Å²) in [4.78, 5) is 12.2. The Hall–Kier alpha value is -1.92. The molecule has 104 valence electrons. The van der Waals surface area contributed by atoms with Gasteiger partial charge in [-0.05, 0) is 18.9 Å². The predicted octanol–water partition coefficient (Wildman–Crippen LogP) is 2.84. The first-order chi connectivity index (χ1) is 9.08. The van der Waals surface area contributed by atoms with E-state index in [9.17, 15) is 18.9 Å². The molecule has 1 saturated heterocycles. The molecule has 1 aliphatic heterocycles. The molecule has 2 rings (SSSR count). The van der Waals surface area contributed by atoms with Gasteiger partial charge >= 0.3 is 0 Å². The van der Waals surface area contributed by atoms with Crippen LogP contribution in [0.15, 0.2) is 18.2 Å². The van der Waals surface area contributed by atoms with Crippen LogP contribution in [0.3, 0.4) is 0 Å². The number of nitrogens with zero attached hydrogens (tertiary/aromatic N) is 2. The second kappa shape index (κ2) is 5.81. The molecular weight excluding hydrogens is 258 g/mol. The van der Waals surface area contributed by atoms with Crippen LogP contribution in [-0.2, 0) is 0 Å². The van der Waals surface area contributed by atoms with Crippen molar-refractivity contribution in [3.63, 3.8) is 0 Å². The maximum absolute atomic E-state index is 12.2. The zero-order valence-corrected chi connectivity index (χ0v) is 10.2. The molecule has 0 bridgehead atoms. The van der Waals surface area contributed by atoms with Crippen molar-refractivity contribution in [3.05, 3.63) is 28.3 Å². The Balaban J connectivity index is 2.27. The van der Waals surface area contributed by atoms with Crippen LogP contribution < -0.4 is 9.64 Å². The Morgan fingerprint density at radius 1 is 1.37 bits per heavy atom. The maximum Gasteiger partial charge on any atom is 0.272 e. The summed E-state index contributed by atoms with van der Waals surface area (Å²) in [6, 6.07) is 4.03. The first-order valence-electron chi connectivity index (χ1n) is 6.02. The van der Waals surface area contributed by atoms with Gasteiger partial charge in [-0.1, -0.05) is 0 Å². The molecule has 0 saturated carbocycles. The molecule has 19 heavy (non-hydrogen) atoms. The van der Waals surface area contributed by atoms with E-state index in [4.69, 9.17) is 4.74 Å². The molecule has 1 aromatic rings.